The van der Waals surface area contributed by atoms with Gasteiger partial charge >= 0.3 is 0 Å². The van der Waals surface area contributed by atoms with Crippen molar-refractivity contribution in [1.82, 2.24) is 10.2 Å². The fourth-order valence-electron chi connectivity index (χ4n) is 2.91. The van der Waals surface area contributed by atoms with Crippen molar-refractivity contribution in [2.24, 2.45) is 0 Å². The first-order valence-electron chi connectivity index (χ1n) is 8.52. The molecule has 1 aliphatic rings. The van der Waals surface area contributed by atoms with Gasteiger partial charge in [0, 0.05) is 24.8 Å². The average Bonchev–Trinajstić information content (AvgIpc) is 3.21. The lowest BCUT2D eigenvalue weighted by atomic mass is 10.0. The third kappa shape index (κ3) is 4.42. The van der Waals surface area contributed by atoms with Crippen molar-refractivity contribution in [3.63, 3.8) is 0 Å². The predicted molar refractivity (Wildman–Crippen MR) is 95.4 cm³/mol. The maximum Gasteiger partial charge on any atom is 0.289 e. The summed E-state index contributed by atoms with van der Waals surface area (Å²) in [6, 6.07) is 12.4. The molecule has 134 valence electrons. The topological polar surface area (TPSA) is 98.4 Å². The van der Waals surface area contributed by atoms with E-state index in [1.165, 1.54) is 6.26 Å². The Labute approximate surface area is 151 Å². The Bertz CT molecular complexity index is 785. The first-order valence-corrected chi connectivity index (χ1v) is 8.52. The largest absolute Gasteiger partial charge is 0.459 e. The van der Waals surface area contributed by atoms with E-state index in [1.54, 1.807) is 41.3 Å². The molecule has 0 saturated carbocycles. The monoisotopic (exact) mass is 352 g/mol. The molecule has 1 aliphatic heterocycles. The van der Waals surface area contributed by atoms with E-state index in [4.69, 9.17) is 9.68 Å². The van der Waals surface area contributed by atoms with Crippen LogP contribution < -0.4 is 10.6 Å². The molecule has 1 saturated heterocycles. The number of nitrogens with one attached hydrogen (secondary N) is 2. The molecule has 0 bridgehead atoms. The Morgan fingerprint density at radius 3 is 2.54 bits per heavy atom. The quantitative estimate of drug-likeness (QED) is 0.857. The molecular weight excluding hydrogens is 332 g/mol. The number of benzene rings is 1. The lowest BCUT2D eigenvalue weighted by molar-refractivity contribution is -0.120. The van der Waals surface area contributed by atoms with Gasteiger partial charge in [0.05, 0.1) is 24.4 Å². The van der Waals surface area contributed by atoms with Gasteiger partial charge in [0.1, 0.15) is 0 Å². The van der Waals surface area contributed by atoms with Crippen molar-refractivity contribution in [1.29, 1.82) is 5.26 Å². The van der Waals surface area contributed by atoms with Crippen molar-refractivity contribution in [3.05, 3.63) is 54.0 Å². The predicted octanol–water partition coefficient (Wildman–Crippen LogP) is 1.98. The van der Waals surface area contributed by atoms with E-state index < -0.39 is 0 Å². The number of carbonyl (C=O) groups excluding carboxylic acids is 2. The van der Waals surface area contributed by atoms with Gasteiger partial charge in [0.15, 0.2) is 5.76 Å². The maximum absolute atomic E-state index is 12.2. The number of anilines is 1. The minimum Gasteiger partial charge on any atom is -0.459 e. The second-order valence-electron chi connectivity index (χ2n) is 6.15. The summed E-state index contributed by atoms with van der Waals surface area (Å²) in [5.74, 6) is 0.145. The summed E-state index contributed by atoms with van der Waals surface area (Å²) in [5, 5.41) is 14.8. The molecule has 2 N–H and O–H groups in total. The standard InChI is InChI=1S/C19H20N4O3/c20-12-14-3-5-15(6-4-14)21-13-18(24)22-16-7-9-23(10-8-16)19(25)17-2-1-11-26-17/h1-6,11,16,21H,7-10,13H2,(H,22,24). The first kappa shape index (κ1) is 17.5. The van der Waals surface area contributed by atoms with Crippen molar-refractivity contribution in [2.75, 3.05) is 25.0 Å². The molecule has 1 aromatic heterocycles. The summed E-state index contributed by atoms with van der Waals surface area (Å²) >= 11 is 0. The van der Waals surface area contributed by atoms with E-state index in [9.17, 15) is 9.59 Å². The third-order valence-electron chi connectivity index (χ3n) is 4.35. The summed E-state index contributed by atoms with van der Waals surface area (Å²) in [4.78, 5) is 26.0. The highest BCUT2D eigenvalue weighted by Crippen LogP contribution is 2.14. The van der Waals surface area contributed by atoms with E-state index in [0.717, 1.165) is 18.5 Å². The van der Waals surface area contributed by atoms with Gasteiger partial charge in [-0.3, -0.25) is 9.59 Å². The molecule has 0 spiro atoms. The number of piperidine rings is 1. The Hall–Kier alpha value is -3.27. The fourth-order valence-corrected chi connectivity index (χ4v) is 2.91. The van der Waals surface area contributed by atoms with E-state index in [1.807, 2.05) is 0 Å². The SMILES string of the molecule is N#Cc1ccc(NCC(=O)NC2CCN(C(=O)c3ccco3)CC2)cc1. The number of furan rings is 1. The molecule has 7 heteroatoms. The summed E-state index contributed by atoms with van der Waals surface area (Å²) in [5.41, 5.74) is 1.37. The second kappa shape index (κ2) is 8.21. The highest BCUT2D eigenvalue weighted by molar-refractivity contribution is 5.91. The molecule has 2 aromatic rings. The van der Waals surface area contributed by atoms with Crippen LogP contribution in [-0.2, 0) is 4.79 Å². The van der Waals surface area contributed by atoms with Crippen LogP contribution in [-0.4, -0.2) is 42.4 Å². The van der Waals surface area contributed by atoms with Crippen molar-refractivity contribution in [3.8, 4) is 6.07 Å². The van der Waals surface area contributed by atoms with Gasteiger partial charge in [-0.25, -0.2) is 0 Å². The molecule has 1 aromatic carbocycles. The maximum atomic E-state index is 12.2. The molecule has 2 heterocycles. The number of hydrogen-bond acceptors (Lipinski definition) is 5. The van der Waals surface area contributed by atoms with E-state index in [2.05, 4.69) is 16.7 Å². The zero-order chi connectivity index (χ0) is 18.4. The van der Waals surface area contributed by atoms with E-state index >= 15 is 0 Å². The molecule has 7 nitrogen and oxygen atoms in total. The van der Waals surface area contributed by atoms with Crippen LogP contribution in [0.1, 0.15) is 29.0 Å². The molecule has 0 atom stereocenters. The Balaban J connectivity index is 1.40. The van der Waals surface area contributed by atoms with E-state index in [-0.39, 0.29) is 24.4 Å². The lowest BCUT2D eigenvalue weighted by Crippen LogP contribution is -2.47. The van der Waals surface area contributed by atoms with Crippen LogP contribution in [0.2, 0.25) is 0 Å². The zero-order valence-corrected chi connectivity index (χ0v) is 14.3. The van der Waals surface area contributed by atoms with E-state index in [0.29, 0.717) is 24.4 Å². The van der Waals surface area contributed by atoms with Gasteiger partial charge in [-0.05, 0) is 49.2 Å². The summed E-state index contributed by atoms with van der Waals surface area (Å²) in [6.07, 6.45) is 2.92. The van der Waals surface area contributed by atoms with Gasteiger partial charge in [-0.15, -0.1) is 0 Å². The summed E-state index contributed by atoms with van der Waals surface area (Å²) < 4.78 is 5.14. The van der Waals surface area contributed by atoms with Crippen LogP contribution in [0.3, 0.4) is 0 Å². The number of nitriles is 1. The highest BCUT2D eigenvalue weighted by Gasteiger charge is 2.25. The number of nitrogens with zero attached hydrogens (tertiary/aromatic N) is 2. The number of carbonyl (C=O) groups is 2. The minimum absolute atomic E-state index is 0.0610. The molecule has 26 heavy (non-hydrogen) atoms. The van der Waals surface area contributed by atoms with Gasteiger partial charge in [0.25, 0.3) is 5.91 Å². The van der Waals surface area contributed by atoms with Crippen LogP contribution in [0, 0.1) is 11.3 Å². The molecule has 1 fully saturated rings. The van der Waals surface area contributed by atoms with Gasteiger partial charge < -0.3 is 20.0 Å². The van der Waals surface area contributed by atoms with Crippen LogP contribution in [0.25, 0.3) is 0 Å². The molecular formula is C19H20N4O3. The average molecular weight is 352 g/mol. The summed E-state index contributed by atoms with van der Waals surface area (Å²) in [6.45, 7) is 1.35. The number of likely N-dealkylation sites (tertiary alicyclic amines) is 1. The lowest BCUT2D eigenvalue weighted by Gasteiger charge is -2.31. The number of amides is 2. The van der Waals surface area contributed by atoms with Crippen molar-refractivity contribution >= 4 is 17.5 Å². The normalized spacial score (nSPS) is 14.5. The molecule has 0 unspecified atom stereocenters. The van der Waals surface area contributed by atoms with Crippen molar-refractivity contribution < 1.29 is 14.0 Å². The Morgan fingerprint density at radius 2 is 1.92 bits per heavy atom. The molecule has 3 rings (SSSR count). The summed E-state index contributed by atoms with van der Waals surface area (Å²) in [7, 11) is 0. The highest BCUT2D eigenvalue weighted by atomic mass is 16.3. The van der Waals surface area contributed by atoms with Crippen LogP contribution >= 0.6 is 0 Å². The zero-order valence-electron chi connectivity index (χ0n) is 14.3. The smallest absolute Gasteiger partial charge is 0.289 e. The van der Waals surface area contributed by atoms with Crippen LogP contribution in [0.5, 0.6) is 0 Å². The second-order valence-corrected chi connectivity index (χ2v) is 6.15. The fraction of sp³-hybridized carbons (Fsp3) is 0.316. The Kier molecular flexibility index (Phi) is 5.54. The van der Waals surface area contributed by atoms with Gasteiger partial charge in [0.2, 0.25) is 5.91 Å². The number of rotatable bonds is 5. The molecule has 0 aliphatic carbocycles. The third-order valence-corrected chi connectivity index (χ3v) is 4.35. The van der Waals surface area contributed by atoms with Gasteiger partial charge in [-0.1, -0.05) is 0 Å². The minimum atomic E-state index is -0.109. The van der Waals surface area contributed by atoms with Crippen LogP contribution in [0.15, 0.2) is 47.1 Å². The molecule has 0 radical (unpaired) electrons. The van der Waals surface area contributed by atoms with Crippen molar-refractivity contribution in [2.45, 2.75) is 18.9 Å². The Morgan fingerprint density at radius 1 is 1.19 bits per heavy atom. The molecule has 2 amide bonds. The number of hydrogen-bond donors (Lipinski definition) is 2. The van der Waals surface area contributed by atoms with Crippen LogP contribution in [0.4, 0.5) is 5.69 Å². The van der Waals surface area contributed by atoms with Gasteiger partial charge in [-0.2, -0.15) is 5.26 Å². The first-order chi connectivity index (χ1) is 12.7.